The molecule has 2 aromatic heterocycles. The lowest BCUT2D eigenvalue weighted by Crippen LogP contribution is -2.32. The molecule has 130 valence electrons. The Hall–Kier alpha value is -3.28. The third-order valence-electron chi connectivity index (χ3n) is 4.47. The van der Waals surface area contributed by atoms with Gasteiger partial charge in [0.15, 0.2) is 0 Å². The highest BCUT2D eigenvalue weighted by molar-refractivity contribution is 5.93. The van der Waals surface area contributed by atoms with Gasteiger partial charge in [0.05, 0.1) is 17.8 Å². The van der Waals surface area contributed by atoms with Gasteiger partial charge < -0.3 is 10.2 Å². The topological polar surface area (TPSA) is 71.0 Å². The van der Waals surface area contributed by atoms with Crippen LogP contribution in [0.5, 0.6) is 0 Å². The van der Waals surface area contributed by atoms with E-state index < -0.39 is 0 Å². The first-order chi connectivity index (χ1) is 12.8. The number of nitrogens with zero attached hydrogens (tertiary/aromatic N) is 4. The predicted molar refractivity (Wildman–Crippen MR) is 98.6 cm³/mol. The zero-order valence-electron chi connectivity index (χ0n) is 14.3. The zero-order chi connectivity index (χ0) is 17.8. The maximum atomic E-state index is 12.2. The molecule has 6 heteroatoms. The number of benzene rings is 1. The summed E-state index contributed by atoms with van der Waals surface area (Å²) in [6.07, 6.45) is 5.84. The molecule has 3 heterocycles. The molecule has 0 unspecified atom stereocenters. The second-order valence-electron chi connectivity index (χ2n) is 6.22. The fourth-order valence-corrected chi connectivity index (χ4v) is 3.04. The minimum absolute atomic E-state index is 0.203. The fraction of sp³-hybridized carbons (Fsp3) is 0.200. The smallest absolute Gasteiger partial charge is 0.254 e. The number of nitrogens with one attached hydrogen (secondary N) is 1. The molecule has 6 nitrogen and oxygen atoms in total. The Labute approximate surface area is 151 Å². The van der Waals surface area contributed by atoms with Gasteiger partial charge in [0.2, 0.25) is 5.95 Å². The Kier molecular flexibility index (Phi) is 4.55. The molecule has 0 fully saturated rings. The Morgan fingerprint density at radius 3 is 2.54 bits per heavy atom. The number of aromatic nitrogens is 3. The van der Waals surface area contributed by atoms with Gasteiger partial charge in [0.25, 0.3) is 5.91 Å². The van der Waals surface area contributed by atoms with Crippen molar-refractivity contribution in [2.45, 2.75) is 19.5 Å². The van der Waals surface area contributed by atoms with Crippen LogP contribution >= 0.6 is 0 Å². The highest BCUT2D eigenvalue weighted by Crippen LogP contribution is 2.21. The first-order valence-electron chi connectivity index (χ1n) is 8.61. The van der Waals surface area contributed by atoms with Crippen molar-refractivity contribution < 1.29 is 4.79 Å². The van der Waals surface area contributed by atoms with Gasteiger partial charge in [-0.25, -0.2) is 9.97 Å². The van der Waals surface area contributed by atoms with Crippen LogP contribution in [0.3, 0.4) is 0 Å². The van der Waals surface area contributed by atoms with E-state index in [1.165, 1.54) is 11.1 Å². The number of anilines is 1. The van der Waals surface area contributed by atoms with Crippen LogP contribution < -0.4 is 10.2 Å². The first kappa shape index (κ1) is 16.2. The third kappa shape index (κ3) is 3.54. The Balaban J connectivity index is 1.40. The highest BCUT2D eigenvalue weighted by atomic mass is 16.1. The van der Waals surface area contributed by atoms with E-state index in [4.69, 9.17) is 0 Å². The lowest BCUT2D eigenvalue weighted by atomic mass is 10.0. The van der Waals surface area contributed by atoms with Gasteiger partial charge in [-0.3, -0.25) is 9.78 Å². The predicted octanol–water partition coefficient (Wildman–Crippen LogP) is 2.36. The molecule has 0 aliphatic carbocycles. The Bertz CT molecular complexity index is 896. The number of hydrogen-bond acceptors (Lipinski definition) is 5. The number of carbonyl (C=O) groups excluding carboxylic acids is 1. The van der Waals surface area contributed by atoms with Gasteiger partial charge in [0.1, 0.15) is 0 Å². The Morgan fingerprint density at radius 2 is 1.77 bits per heavy atom. The minimum Gasteiger partial charge on any atom is -0.346 e. The molecule has 1 N–H and O–H groups in total. The second-order valence-corrected chi connectivity index (χ2v) is 6.22. The molecular weight excluding hydrogens is 326 g/mol. The zero-order valence-corrected chi connectivity index (χ0v) is 14.3. The van der Waals surface area contributed by atoms with E-state index in [1.54, 1.807) is 18.6 Å². The van der Waals surface area contributed by atoms with Gasteiger partial charge >= 0.3 is 0 Å². The second kappa shape index (κ2) is 7.31. The van der Waals surface area contributed by atoms with Crippen molar-refractivity contribution in [3.8, 4) is 0 Å². The van der Waals surface area contributed by atoms with E-state index in [1.807, 2.05) is 18.2 Å². The van der Waals surface area contributed by atoms with Crippen LogP contribution in [0.15, 0.2) is 61.1 Å². The number of pyridine rings is 1. The molecule has 1 aliphatic heterocycles. The van der Waals surface area contributed by atoms with Crippen LogP contribution in [0.2, 0.25) is 0 Å². The lowest BCUT2D eigenvalue weighted by Gasteiger charge is -2.28. The maximum Gasteiger partial charge on any atom is 0.254 e. The van der Waals surface area contributed by atoms with Gasteiger partial charge in [-0.1, -0.05) is 30.3 Å². The minimum atomic E-state index is -0.203. The summed E-state index contributed by atoms with van der Waals surface area (Å²) in [4.78, 5) is 27.3. The number of hydrogen-bond donors (Lipinski definition) is 1. The molecule has 4 rings (SSSR count). The van der Waals surface area contributed by atoms with E-state index in [0.29, 0.717) is 18.1 Å². The number of carbonyl (C=O) groups is 1. The molecular formula is C20H19N5O. The van der Waals surface area contributed by atoms with E-state index in [0.717, 1.165) is 25.2 Å². The summed E-state index contributed by atoms with van der Waals surface area (Å²) in [7, 11) is 0. The first-order valence-corrected chi connectivity index (χ1v) is 8.61. The van der Waals surface area contributed by atoms with Crippen molar-refractivity contribution in [3.63, 3.8) is 0 Å². The molecule has 3 aromatic rings. The lowest BCUT2D eigenvalue weighted by molar-refractivity contribution is 0.0949. The SMILES string of the molecule is O=C(NCc1ccccn1)c1cnc(N2CCc3ccccc3C2)nc1. The summed E-state index contributed by atoms with van der Waals surface area (Å²) in [5.41, 5.74) is 3.95. The summed E-state index contributed by atoms with van der Waals surface area (Å²) in [6.45, 7) is 2.05. The van der Waals surface area contributed by atoms with Crippen molar-refractivity contribution in [3.05, 3.63) is 83.4 Å². The summed E-state index contributed by atoms with van der Waals surface area (Å²) >= 11 is 0. The van der Waals surface area contributed by atoms with Crippen molar-refractivity contribution >= 4 is 11.9 Å². The van der Waals surface area contributed by atoms with E-state index in [9.17, 15) is 4.79 Å². The van der Waals surface area contributed by atoms with Crippen LogP contribution in [0, 0.1) is 0 Å². The van der Waals surface area contributed by atoms with Crippen LogP contribution in [0.4, 0.5) is 5.95 Å². The van der Waals surface area contributed by atoms with E-state index in [2.05, 4.69) is 49.4 Å². The monoisotopic (exact) mass is 345 g/mol. The average molecular weight is 345 g/mol. The molecule has 0 saturated heterocycles. The van der Waals surface area contributed by atoms with Crippen LogP contribution in [-0.2, 0) is 19.5 Å². The quantitative estimate of drug-likeness (QED) is 0.786. The number of rotatable bonds is 4. The number of fused-ring (bicyclic) bond motifs is 1. The summed E-state index contributed by atoms with van der Waals surface area (Å²) < 4.78 is 0. The number of amides is 1. The van der Waals surface area contributed by atoms with Crippen molar-refractivity contribution in [1.82, 2.24) is 20.3 Å². The largest absolute Gasteiger partial charge is 0.346 e. The van der Waals surface area contributed by atoms with Crippen LogP contribution in [0.25, 0.3) is 0 Å². The summed E-state index contributed by atoms with van der Waals surface area (Å²) in [6, 6.07) is 14.0. The summed E-state index contributed by atoms with van der Waals surface area (Å²) in [5, 5.41) is 2.83. The summed E-state index contributed by atoms with van der Waals surface area (Å²) in [5.74, 6) is 0.451. The standard InChI is InChI=1S/C20H19N5O/c26-19(22-13-18-7-3-4-9-21-18)17-11-23-20(24-12-17)25-10-8-15-5-1-2-6-16(15)14-25/h1-7,9,11-12H,8,10,13-14H2,(H,22,26). The maximum absolute atomic E-state index is 12.2. The molecule has 1 aliphatic rings. The van der Waals surface area contributed by atoms with Crippen LogP contribution in [-0.4, -0.2) is 27.4 Å². The van der Waals surface area contributed by atoms with Crippen molar-refractivity contribution in [2.24, 2.45) is 0 Å². The van der Waals surface area contributed by atoms with E-state index >= 15 is 0 Å². The van der Waals surface area contributed by atoms with Gasteiger partial charge in [0, 0.05) is 31.7 Å². The van der Waals surface area contributed by atoms with Crippen LogP contribution in [0.1, 0.15) is 27.2 Å². The van der Waals surface area contributed by atoms with Crippen molar-refractivity contribution in [2.75, 3.05) is 11.4 Å². The molecule has 0 bridgehead atoms. The van der Waals surface area contributed by atoms with Gasteiger partial charge in [-0.05, 0) is 29.7 Å². The third-order valence-corrected chi connectivity index (χ3v) is 4.47. The Morgan fingerprint density at radius 1 is 1.00 bits per heavy atom. The van der Waals surface area contributed by atoms with Gasteiger partial charge in [-0.15, -0.1) is 0 Å². The normalized spacial score (nSPS) is 13.2. The fourth-order valence-electron chi connectivity index (χ4n) is 3.04. The van der Waals surface area contributed by atoms with E-state index in [-0.39, 0.29) is 5.91 Å². The highest BCUT2D eigenvalue weighted by Gasteiger charge is 2.18. The molecule has 0 atom stereocenters. The van der Waals surface area contributed by atoms with Crippen molar-refractivity contribution in [1.29, 1.82) is 0 Å². The molecule has 1 aromatic carbocycles. The molecule has 0 radical (unpaired) electrons. The molecule has 0 saturated carbocycles. The molecule has 26 heavy (non-hydrogen) atoms. The molecule has 0 spiro atoms. The molecule has 1 amide bonds. The van der Waals surface area contributed by atoms with Gasteiger partial charge in [-0.2, -0.15) is 0 Å². The average Bonchev–Trinajstić information content (AvgIpc) is 2.72.